The number of carbonyl (C=O) groups excluding carboxylic acids is 1. The van der Waals surface area contributed by atoms with Gasteiger partial charge in [-0.2, -0.15) is 0 Å². The van der Waals surface area contributed by atoms with E-state index in [1.165, 1.54) is 0 Å². The molecule has 1 saturated heterocycles. The van der Waals surface area contributed by atoms with Crippen LogP contribution >= 0.6 is 0 Å². The maximum Gasteiger partial charge on any atom is 0.409 e. The number of rotatable bonds is 3. The van der Waals surface area contributed by atoms with Crippen molar-refractivity contribution in [2.24, 2.45) is 0 Å². The highest BCUT2D eigenvalue weighted by molar-refractivity contribution is 5.67. The molecule has 0 saturated carbocycles. The summed E-state index contributed by atoms with van der Waals surface area (Å²) in [4.78, 5) is 17.5. The van der Waals surface area contributed by atoms with E-state index in [-0.39, 0.29) is 12.1 Å². The van der Waals surface area contributed by atoms with Gasteiger partial charge in [-0.15, -0.1) is 0 Å². The van der Waals surface area contributed by atoms with Crippen molar-refractivity contribution in [3.05, 3.63) is 12.1 Å². The maximum absolute atomic E-state index is 11.6. The molecule has 0 spiro atoms. The molecule has 2 rings (SSSR count). The Morgan fingerprint density at radius 2 is 2.15 bits per heavy atom. The minimum Gasteiger partial charge on any atom is -0.450 e. The van der Waals surface area contributed by atoms with Crippen molar-refractivity contribution in [2.45, 2.75) is 25.8 Å². The summed E-state index contributed by atoms with van der Waals surface area (Å²) in [6.07, 6.45) is 1.47. The van der Waals surface area contributed by atoms with Crippen molar-refractivity contribution >= 4 is 23.4 Å². The van der Waals surface area contributed by atoms with Crippen LogP contribution in [0, 0.1) is 0 Å². The molecule has 7 nitrogen and oxygen atoms in total. The number of likely N-dealkylation sites (tertiary alicyclic amines) is 1. The van der Waals surface area contributed by atoms with Gasteiger partial charge < -0.3 is 26.4 Å². The molecule has 0 unspecified atom stereocenters. The zero-order chi connectivity index (χ0) is 14.5. The molecular weight excluding hydrogens is 258 g/mol. The molecule has 20 heavy (non-hydrogen) atoms. The van der Waals surface area contributed by atoms with E-state index in [1.807, 2.05) is 13.0 Å². The Hall–Kier alpha value is -2.18. The van der Waals surface area contributed by atoms with E-state index >= 15 is 0 Å². The van der Waals surface area contributed by atoms with E-state index in [0.717, 1.165) is 12.8 Å². The number of ether oxygens (including phenoxy) is 1. The summed E-state index contributed by atoms with van der Waals surface area (Å²) in [6, 6.07) is 3.82. The lowest BCUT2D eigenvalue weighted by molar-refractivity contribution is 0.0983. The molecule has 5 N–H and O–H groups in total. The molecule has 1 aliphatic rings. The molecule has 1 fully saturated rings. The molecule has 0 aromatic carbocycles. The van der Waals surface area contributed by atoms with Gasteiger partial charge >= 0.3 is 6.09 Å². The van der Waals surface area contributed by atoms with Gasteiger partial charge in [-0.3, -0.25) is 0 Å². The Bertz CT molecular complexity index is 472. The Balaban J connectivity index is 1.85. The van der Waals surface area contributed by atoms with Crippen molar-refractivity contribution in [3.8, 4) is 0 Å². The van der Waals surface area contributed by atoms with Gasteiger partial charge in [0.25, 0.3) is 0 Å². The number of hydrogen-bond donors (Lipinski definition) is 3. The Labute approximate surface area is 118 Å². The van der Waals surface area contributed by atoms with Crippen molar-refractivity contribution in [1.29, 1.82) is 0 Å². The fourth-order valence-corrected chi connectivity index (χ4v) is 2.20. The average molecular weight is 279 g/mol. The first kappa shape index (κ1) is 14.2. The highest BCUT2D eigenvalue weighted by Gasteiger charge is 2.23. The van der Waals surface area contributed by atoms with E-state index in [0.29, 0.717) is 37.0 Å². The summed E-state index contributed by atoms with van der Waals surface area (Å²) < 4.78 is 4.99. The number of anilines is 3. The van der Waals surface area contributed by atoms with Gasteiger partial charge in [0, 0.05) is 19.1 Å². The van der Waals surface area contributed by atoms with Gasteiger partial charge in [0.2, 0.25) is 0 Å². The SMILES string of the molecule is CCOC(=O)N1CCC(Nc2ccc(N)c(N)n2)CC1. The summed E-state index contributed by atoms with van der Waals surface area (Å²) in [5.74, 6) is 1.05. The lowest BCUT2D eigenvalue weighted by atomic mass is 10.1. The molecule has 1 aromatic rings. The number of hydrogen-bond acceptors (Lipinski definition) is 6. The number of piperidine rings is 1. The Morgan fingerprint density at radius 3 is 2.75 bits per heavy atom. The molecule has 1 aliphatic heterocycles. The molecule has 1 aromatic heterocycles. The first-order valence-electron chi connectivity index (χ1n) is 6.80. The lowest BCUT2D eigenvalue weighted by Crippen LogP contribution is -2.42. The standard InChI is InChI=1S/C13H21N5O2/c1-2-20-13(19)18-7-5-9(6-8-18)16-11-4-3-10(14)12(15)17-11/h3-4,9H,2,5-8,14H2,1H3,(H3,15,16,17). The number of aromatic nitrogens is 1. The smallest absolute Gasteiger partial charge is 0.409 e. The maximum atomic E-state index is 11.6. The van der Waals surface area contributed by atoms with Gasteiger partial charge in [-0.1, -0.05) is 0 Å². The van der Waals surface area contributed by atoms with E-state index in [4.69, 9.17) is 16.2 Å². The molecule has 0 radical (unpaired) electrons. The topological polar surface area (TPSA) is 106 Å². The number of nitrogens with one attached hydrogen (secondary N) is 1. The van der Waals surface area contributed by atoms with Crippen LogP contribution in [0.2, 0.25) is 0 Å². The molecule has 1 amide bonds. The monoisotopic (exact) mass is 279 g/mol. The van der Waals surface area contributed by atoms with Crippen LogP contribution in [-0.4, -0.2) is 41.7 Å². The van der Waals surface area contributed by atoms with Crippen LogP contribution in [0.1, 0.15) is 19.8 Å². The third kappa shape index (κ3) is 3.43. The number of carbonyl (C=O) groups is 1. The largest absolute Gasteiger partial charge is 0.450 e. The predicted octanol–water partition coefficient (Wildman–Crippen LogP) is 1.28. The third-order valence-corrected chi connectivity index (χ3v) is 3.33. The van der Waals surface area contributed by atoms with Crippen LogP contribution in [0.5, 0.6) is 0 Å². The van der Waals surface area contributed by atoms with E-state index in [1.54, 1.807) is 11.0 Å². The van der Waals surface area contributed by atoms with Crippen LogP contribution in [-0.2, 0) is 4.74 Å². The fourth-order valence-electron chi connectivity index (χ4n) is 2.20. The van der Waals surface area contributed by atoms with E-state index < -0.39 is 0 Å². The summed E-state index contributed by atoms with van der Waals surface area (Å²) in [5, 5.41) is 3.31. The van der Waals surface area contributed by atoms with Crippen LogP contribution in [0.15, 0.2) is 12.1 Å². The van der Waals surface area contributed by atoms with Crippen molar-refractivity contribution in [3.63, 3.8) is 0 Å². The van der Waals surface area contributed by atoms with Gasteiger partial charge in [0.1, 0.15) is 11.6 Å². The molecule has 0 bridgehead atoms. The summed E-state index contributed by atoms with van der Waals surface area (Å²) in [5.41, 5.74) is 11.8. The summed E-state index contributed by atoms with van der Waals surface area (Å²) >= 11 is 0. The number of pyridine rings is 1. The zero-order valence-electron chi connectivity index (χ0n) is 11.6. The second-order valence-corrected chi connectivity index (χ2v) is 4.78. The fraction of sp³-hybridized carbons (Fsp3) is 0.538. The number of amides is 1. The van der Waals surface area contributed by atoms with Crippen molar-refractivity contribution < 1.29 is 9.53 Å². The molecule has 7 heteroatoms. The van der Waals surface area contributed by atoms with E-state index in [2.05, 4.69) is 10.3 Å². The second-order valence-electron chi connectivity index (χ2n) is 4.78. The Kier molecular flexibility index (Phi) is 4.49. The first-order valence-corrected chi connectivity index (χ1v) is 6.80. The Morgan fingerprint density at radius 1 is 1.45 bits per heavy atom. The predicted molar refractivity (Wildman–Crippen MR) is 78.3 cm³/mol. The number of nitrogen functional groups attached to an aromatic ring is 2. The minimum atomic E-state index is -0.235. The van der Waals surface area contributed by atoms with Crippen molar-refractivity contribution in [2.75, 3.05) is 36.5 Å². The van der Waals surface area contributed by atoms with Gasteiger partial charge in [-0.25, -0.2) is 9.78 Å². The van der Waals surface area contributed by atoms with Crippen LogP contribution in [0.4, 0.5) is 22.1 Å². The summed E-state index contributed by atoms with van der Waals surface area (Å²) in [7, 11) is 0. The normalized spacial score (nSPS) is 15.9. The van der Waals surface area contributed by atoms with E-state index in [9.17, 15) is 4.79 Å². The van der Waals surface area contributed by atoms with Gasteiger partial charge in [-0.05, 0) is 31.9 Å². The van der Waals surface area contributed by atoms with Crippen LogP contribution in [0.3, 0.4) is 0 Å². The second kappa shape index (κ2) is 6.31. The lowest BCUT2D eigenvalue weighted by Gasteiger charge is -2.31. The molecule has 2 heterocycles. The molecule has 0 atom stereocenters. The van der Waals surface area contributed by atoms with Gasteiger partial charge in [0.15, 0.2) is 0 Å². The van der Waals surface area contributed by atoms with Gasteiger partial charge in [0.05, 0.1) is 12.3 Å². The third-order valence-electron chi connectivity index (χ3n) is 3.33. The summed E-state index contributed by atoms with van der Waals surface area (Å²) in [6.45, 7) is 3.58. The van der Waals surface area contributed by atoms with Crippen LogP contribution < -0.4 is 16.8 Å². The van der Waals surface area contributed by atoms with Crippen molar-refractivity contribution in [1.82, 2.24) is 9.88 Å². The highest BCUT2D eigenvalue weighted by Crippen LogP contribution is 2.19. The molecular formula is C13H21N5O2. The quantitative estimate of drug-likeness (QED) is 0.769. The van der Waals surface area contributed by atoms with Crippen LogP contribution in [0.25, 0.3) is 0 Å². The zero-order valence-corrected chi connectivity index (χ0v) is 11.6. The number of nitrogens with zero attached hydrogens (tertiary/aromatic N) is 2. The first-order chi connectivity index (χ1) is 9.60. The minimum absolute atomic E-state index is 0.235. The molecule has 110 valence electrons. The average Bonchev–Trinajstić information content (AvgIpc) is 2.44. The molecule has 0 aliphatic carbocycles. The highest BCUT2D eigenvalue weighted by atomic mass is 16.6. The number of nitrogens with two attached hydrogens (primary N) is 2.